The molecular weight excluding hydrogens is 330 g/mol. The van der Waals surface area contributed by atoms with Gasteiger partial charge in [-0.15, -0.1) is 0 Å². The van der Waals surface area contributed by atoms with E-state index in [-0.39, 0.29) is 18.5 Å². The summed E-state index contributed by atoms with van der Waals surface area (Å²) in [5.41, 5.74) is 3.34. The molecule has 0 aromatic heterocycles. The largest absolute Gasteiger partial charge is 0.444 e. The quantitative estimate of drug-likeness (QED) is 0.845. The molecule has 0 spiro atoms. The van der Waals surface area contributed by atoms with E-state index in [0.29, 0.717) is 0 Å². The lowest BCUT2D eigenvalue weighted by Crippen LogP contribution is -2.44. The molecule has 1 atom stereocenters. The number of carbonyl (C=O) groups is 2. The molecule has 0 aliphatic carbocycles. The smallest absolute Gasteiger partial charge is 0.408 e. The van der Waals surface area contributed by atoms with Crippen molar-refractivity contribution in [2.75, 3.05) is 19.6 Å². The van der Waals surface area contributed by atoms with Crippen LogP contribution in [-0.4, -0.2) is 48.2 Å². The van der Waals surface area contributed by atoms with Gasteiger partial charge in [0.15, 0.2) is 0 Å². The second kappa shape index (κ2) is 8.54. The van der Waals surface area contributed by atoms with Crippen LogP contribution < -0.4 is 10.6 Å². The van der Waals surface area contributed by atoms with Crippen LogP contribution in [0.5, 0.6) is 0 Å². The van der Waals surface area contributed by atoms with Gasteiger partial charge in [0.25, 0.3) is 0 Å². The third-order valence-electron chi connectivity index (χ3n) is 4.32. The lowest BCUT2D eigenvalue weighted by molar-refractivity contribution is -0.120. The number of nitrogens with one attached hydrogen (secondary N) is 2. The topological polar surface area (TPSA) is 70.7 Å². The van der Waals surface area contributed by atoms with E-state index in [1.165, 1.54) is 16.7 Å². The van der Waals surface area contributed by atoms with Gasteiger partial charge in [0.1, 0.15) is 12.1 Å². The van der Waals surface area contributed by atoms with Crippen molar-refractivity contribution in [3.8, 4) is 0 Å². The number of aryl methyl sites for hydroxylation is 2. The van der Waals surface area contributed by atoms with Gasteiger partial charge < -0.3 is 15.4 Å². The van der Waals surface area contributed by atoms with Gasteiger partial charge in [0.2, 0.25) is 5.91 Å². The van der Waals surface area contributed by atoms with Crippen molar-refractivity contribution in [1.29, 1.82) is 0 Å². The Hall–Kier alpha value is -2.08. The maximum Gasteiger partial charge on any atom is 0.408 e. The van der Waals surface area contributed by atoms with Gasteiger partial charge in [-0.05, 0) is 52.2 Å². The predicted octanol–water partition coefficient (Wildman–Crippen LogP) is 2.52. The van der Waals surface area contributed by atoms with Crippen molar-refractivity contribution in [2.45, 2.75) is 59.2 Å². The highest BCUT2D eigenvalue weighted by molar-refractivity contribution is 5.82. The van der Waals surface area contributed by atoms with E-state index in [2.05, 4.69) is 47.6 Å². The second-order valence-electron chi connectivity index (χ2n) is 8.07. The monoisotopic (exact) mass is 361 g/mol. The van der Waals surface area contributed by atoms with E-state index < -0.39 is 11.7 Å². The molecule has 6 nitrogen and oxygen atoms in total. The Kier molecular flexibility index (Phi) is 6.64. The van der Waals surface area contributed by atoms with E-state index >= 15 is 0 Å². The van der Waals surface area contributed by atoms with Crippen molar-refractivity contribution >= 4 is 12.0 Å². The molecule has 0 unspecified atom stereocenters. The molecule has 1 aromatic carbocycles. The van der Waals surface area contributed by atoms with E-state index in [1.807, 2.05) is 0 Å². The van der Waals surface area contributed by atoms with Crippen LogP contribution in [0.25, 0.3) is 0 Å². The van der Waals surface area contributed by atoms with Gasteiger partial charge in [-0.2, -0.15) is 0 Å². The first-order valence-corrected chi connectivity index (χ1v) is 9.17. The highest BCUT2D eigenvalue weighted by Gasteiger charge is 2.24. The maximum atomic E-state index is 12.0. The highest BCUT2D eigenvalue weighted by atomic mass is 16.6. The van der Waals surface area contributed by atoms with E-state index in [1.54, 1.807) is 20.8 Å². The molecule has 1 heterocycles. The van der Waals surface area contributed by atoms with Crippen LogP contribution in [0.1, 0.15) is 43.9 Å². The minimum Gasteiger partial charge on any atom is -0.444 e. The summed E-state index contributed by atoms with van der Waals surface area (Å²) in [5, 5.41) is 5.48. The Morgan fingerprint density at radius 1 is 1.27 bits per heavy atom. The molecule has 2 N–H and O–H groups in total. The van der Waals surface area contributed by atoms with Crippen LogP contribution in [0.4, 0.5) is 4.79 Å². The molecule has 144 valence electrons. The molecule has 1 saturated heterocycles. The molecule has 2 amide bonds. The number of likely N-dealkylation sites (tertiary alicyclic amines) is 1. The summed E-state index contributed by atoms with van der Waals surface area (Å²) in [5.74, 6) is -0.186. The fraction of sp³-hybridized carbons (Fsp3) is 0.600. The van der Waals surface area contributed by atoms with Crippen LogP contribution in [0, 0.1) is 13.8 Å². The average molecular weight is 361 g/mol. The first kappa shape index (κ1) is 20.2. The summed E-state index contributed by atoms with van der Waals surface area (Å²) in [7, 11) is 0. The van der Waals surface area contributed by atoms with Gasteiger partial charge in [-0.3, -0.25) is 9.69 Å². The van der Waals surface area contributed by atoms with Gasteiger partial charge in [0, 0.05) is 25.7 Å². The fourth-order valence-electron chi connectivity index (χ4n) is 3.10. The molecule has 1 aliphatic heterocycles. The van der Waals surface area contributed by atoms with Crippen LogP contribution in [-0.2, 0) is 16.1 Å². The van der Waals surface area contributed by atoms with Crippen molar-refractivity contribution in [1.82, 2.24) is 15.5 Å². The minimum absolute atomic E-state index is 0.0670. The second-order valence-corrected chi connectivity index (χ2v) is 8.07. The molecule has 0 radical (unpaired) electrons. The summed E-state index contributed by atoms with van der Waals surface area (Å²) in [6.07, 6.45) is 0.346. The lowest BCUT2D eigenvalue weighted by atomic mass is 10.1. The number of carbonyl (C=O) groups excluding carboxylic acids is 2. The first-order valence-electron chi connectivity index (χ1n) is 9.17. The maximum absolute atomic E-state index is 12.0. The zero-order valence-corrected chi connectivity index (χ0v) is 16.5. The Bertz CT molecular complexity index is 652. The minimum atomic E-state index is -0.574. The number of rotatable bonds is 5. The Morgan fingerprint density at radius 2 is 2.00 bits per heavy atom. The first-order chi connectivity index (χ1) is 12.1. The molecule has 0 saturated carbocycles. The molecular formula is C20H31N3O3. The van der Waals surface area contributed by atoms with Gasteiger partial charge in [0.05, 0.1) is 0 Å². The summed E-state index contributed by atoms with van der Waals surface area (Å²) >= 11 is 0. The van der Waals surface area contributed by atoms with Crippen LogP contribution >= 0.6 is 0 Å². The van der Waals surface area contributed by atoms with Crippen LogP contribution in [0.3, 0.4) is 0 Å². The predicted molar refractivity (Wildman–Crippen MR) is 102 cm³/mol. The number of benzene rings is 1. The SMILES string of the molecule is Cc1ccc(CN2CC[C@@H](NC(=O)CNC(=O)OC(C)(C)C)C2)c(C)c1. The molecule has 26 heavy (non-hydrogen) atoms. The molecule has 1 aliphatic rings. The Morgan fingerprint density at radius 3 is 2.65 bits per heavy atom. The lowest BCUT2D eigenvalue weighted by Gasteiger charge is -2.20. The Labute approximate surface area is 156 Å². The fourth-order valence-corrected chi connectivity index (χ4v) is 3.10. The van der Waals surface area contributed by atoms with Crippen molar-refractivity contribution < 1.29 is 14.3 Å². The van der Waals surface area contributed by atoms with Crippen LogP contribution in [0.2, 0.25) is 0 Å². The van der Waals surface area contributed by atoms with Gasteiger partial charge >= 0.3 is 6.09 Å². The molecule has 1 aromatic rings. The molecule has 0 bridgehead atoms. The number of hydrogen-bond acceptors (Lipinski definition) is 4. The van der Waals surface area contributed by atoms with E-state index in [4.69, 9.17) is 4.74 Å². The van der Waals surface area contributed by atoms with Crippen molar-refractivity contribution in [2.24, 2.45) is 0 Å². The number of amides is 2. The van der Waals surface area contributed by atoms with Crippen molar-refractivity contribution in [3.05, 3.63) is 34.9 Å². The number of alkyl carbamates (subject to hydrolysis) is 1. The molecule has 2 rings (SSSR count). The average Bonchev–Trinajstić information content (AvgIpc) is 2.93. The van der Waals surface area contributed by atoms with E-state index in [0.717, 1.165) is 26.1 Å². The number of nitrogens with zero attached hydrogens (tertiary/aromatic N) is 1. The van der Waals surface area contributed by atoms with Crippen LogP contribution in [0.15, 0.2) is 18.2 Å². The molecule has 1 fully saturated rings. The Balaban J connectivity index is 1.73. The third kappa shape index (κ3) is 6.67. The van der Waals surface area contributed by atoms with E-state index in [9.17, 15) is 9.59 Å². The van der Waals surface area contributed by atoms with Gasteiger partial charge in [-0.25, -0.2) is 4.79 Å². The van der Waals surface area contributed by atoms with Gasteiger partial charge in [-0.1, -0.05) is 23.8 Å². The summed E-state index contributed by atoms with van der Waals surface area (Å²) < 4.78 is 5.12. The number of hydrogen-bond donors (Lipinski definition) is 2. The zero-order valence-electron chi connectivity index (χ0n) is 16.5. The standard InChI is InChI=1S/C20H31N3O3/c1-14-6-7-16(15(2)10-14)12-23-9-8-17(13-23)22-18(24)11-21-19(25)26-20(3,4)5/h6-7,10,17H,8-9,11-13H2,1-5H3,(H,21,25)(H,22,24)/t17-/m1/s1. The summed E-state index contributed by atoms with van der Waals surface area (Å²) in [6.45, 7) is 12.2. The normalized spacial score (nSPS) is 17.8. The highest BCUT2D eigenvalue weighted by Crippen LogP contribution is 2.17. The summed E-state index contributed by atoms with van der Waals surface area (Å²) in [4.78, 5) is 26.0. The number of ether oxygens (including phenoxy) is 1. The van der Waals surface area contributed by atoms with Crippen molar-refractivity contribution in [3.63, 3.8) is 0 Å². The molecule has 6 heteroatoms. The zero-order chi connectivity index (χ0) is 19.3. The third-order valence-corrected chi connectivity index (χ3v) is 4.32. The summed E-state index contributed by atoms with van der Waals surface area (Å²) in [6, 6.07) is 6.64.